The molecule has 1 aromatic carbocycles. The molecule has 0 aliphatic carbocycles. The number of rotatable bonds is 4. The summed E-state index contributed by atoms with van der Waals surface area (Å²) in [4.78, 5) is 7.37. The molecule has 0 unspecified atom stereocenters. The van der Waals surface area contributed by atoms with E-state index in [1.165, 1.54) is 11.8 Å². The van der Waals surface area contributed by atoms with Crippen LogP contribution in [0, 0.1) is 5.41 Å². The average Bonchev–Trinajstić information content (AvgIpc) is 2.61. The number of pyridine rings is 1. The molecule has 0 amide bonds. The highest BCUT2D eigenvalue weighted by Gasteiger charge is 2.45. The first kappa shape index (κ1) is 16.0. The molecule has 2 atom stereocenters. The quantitative estimate of drug-likeness (QED) is 0.864. The van der Waals surface area contributed by atoms with Crippen LogP contribution in [-0.4, -0.2) is 49.4 Å². The number of benzene rings is 1. The maximum Gasteiger partial charge on any atom is 0.0705 e. The molecular weight excluding hydrogens is 300 g/mol. The van der Waals surface area contributed by atoms with Crippen LogP contribution in [0.2, 0.25) is 0 Å². The Kier molecular flexibility index (Phi) is 4.53. The maximum absolute atomic E-state index is 6.07. The Bertz CT molecular complexity index is 701. The van der Waals surface area contributed by atoms with E-state index in [0.717, 1.165) is 56.9 Å². The molecule has 0 bridgehead atoms. The standard InChI is InChI=1S/C20H26N2O2/c1-23-15-20-10-4-12-24-19(20)9-11-22(14-20)13-17-8-7-16-5-2-3-6-18(16)21-17/h2-3,5-8,19H,4,9-15H2,1H3/t19-,20+/m0/s1. The predicted octanol–water partition coefficient (Wildman–Crippen LogP) is 3.25. The molecule has 0 saturated carbocycles. The average molecular weight is 326 g/mol. The number of aromatic nitrogens is 1. The van der Waals surface area contributed by atoms with Crippen LogP contribution in [0.5, 0.6) is 0 Å². The van der Waals surface area contributed by atoms with E-state index in [0.29, 0.717) is 6.10 Å². The van der Waals surface area contributed by atoms with Gasteiger partial charge in [-0.2, -0.15) is 0 Å². The van der Waals surface area contributed by atoms with Crippen molar-refractivity contribution in [2.24, 2.45) is 5.41 Å². The monoisotopic (exact) mass is 326 g/mol. The summed E-state index contributed by atoms with van der Waals surface area (Å²) < 4.78 is 11.6. The fourth-order valence-corrected chi connectivity index (χ4v) is 4.44. The third-order valence-corrected chi connectivity index (χ3v) is 5.54. The van der Waals surface area contributed by atoms with E-state index in [-0.39, 0.29) is 5.41 Å². The van der Waals surface area contributed by atoms with E-state index < -0.39 is 0 Å². The summed E-state index contributed by atoms with van der Waals surface area (Å²) >= 11 is 0. The van der Waals surface area contributed by atoms with Crippen molar-refractivity contribution in [1.29, 1.82) is 0 Å². The molecular formula is C20H26N2O2. The van der Waals surface area contributed by atoms with E-state index in [2.05, 4.69) is 41.3 Å². The molecule has 2 aliphatic rings. The molecule has 3 heterocycles. The van der Waals surface area contributed by atoms with Crippen LogP contribution >= 0.6 is 0 Å². The van der Waals surface area contributed by atoms with Crippen molar-refractivity contribution in [1.82, 2.24) is 9.88 Å². The lowest BCUT2D eigenvalue weighted by Gasteiger charge is -2.50. The molecule has 0 spiro atoms. The normalized spacial score (nSPS) is 28.0. The Morgan fingerprint density at radius 2 is 2.21 bits per heavy atom. The number of methoxy groups -OCH3 is 1. The minimum Gasteiger partial charge on any atom is -0.384 e. The Hall–Kier alpha value is -1.49. The summed E-state index contributed by atoms with van der Waals surface area (Å²) in [5.74, 6) is 0. The molecule has 0 radical (unpaired) electrons. The van der Waals surface area contributed by atoms with Gasteiger partial charge in [0.2, 0.25) is 0 Å². The van der Waals surface area contributed by atoms with Crippen molar-refractivity contribution in [3.8, 4) is 0 Å². The minimum absolute atomic E-state index is 0.155. The second-order valence-corrected chi connectivity index (χ2v) is 7.25. The Balaban J connectivity index is 1.51. The summed E-state index contributed by atoms with van der Waals surface area (Å²) in [6.45, 7) is 4.72. The highest BCUT2D eigenvalue weighted by molar-refractivity contribution is 5.78. The highest BCUT2D eigenvalue weighted by atomic mass is 16.5. The summed E-state index contributed by atoms with van der Waals surface area (Å²) in [7, 11) is 1.81. The first-order valence-electron chi connectivity index (χ1n) is 8.97. The number of hydrogen-bond acceptors (Lipinski definition) is 4. The maximum atomic E-state index is 6.07. The fraction of sp³-hybridized carbons (Fsp3) is 0.550. The number of piperidine rings is 1. The minimum atomic E-state index is 0.155. The highest BCUT2D eigenvalue weighted by Crippen LogP contribution is 2.40. The van der Waals surface area contributed by atoms with Gasteiger partial charge in [-0.05, 0) is 31.4 Å². The number of nitrogens with zero attached hydrogens (tertiary/aromatic N) is 2. The summed E-state index contributed by atoms with van der Waals surface area (Å²) in [6, 6.07) is 12.7. The molecule has 4 heteroatoms. The van der Waals surface area contributed by atoms with E-state index in [9.17, 15) is 0 Å². The van der Waals surface area contributed by atoms with Crippen molar-refractivity contribution in [3.05, 3.63) is 42.1 Å². The van der Waals surface area contributed by atoms with E-state index in [4.69, 9.17) is 14.5 Å². The van der Waals surface area contributed by atoms with E-state index >= 15 is 0 Å². The smallest absolute Gasteiger partial charge is 0.0705 e. The van der Waals surface area contributed by atoms with Gasteiger partial charge in [0.05, 0.1) is 23.9 Å². The summed E-state index contributed by atoms with van der Waals surface area (Å²) in [5, 5.41) is 1.21. The van der Waals surface area contributed by atoms with Crippen LogP contribution in [0.25, 0.3) is 10.9 Å². The summed E-state index contributed by atoms with van der Waals surface area (Å²) in [6.07, 6.45) is 3.79. The van der Waals surface area contributed by atoms with Crippen LogP contribution in [0.1, 0.15) is 25.0 Å². The Morgan fingerprint density at radius 3 is 3.12 bits per heavy atom. The van der Waals surface area contributed by atoms with Crippen molar-refractivity contribution in [3.63, 3.8) is 0 Å². The lowest BCUT2D eigenvalue weighted by Crippen LogP contribution is -2.56. The third kappa shape index (κ3) is 3.06. The molecule has 2 saturated heterocycles. The third-order valence-electron chi connectivity index (χ3n) is 5.54. The van der Waals surface area contributed by atoms with Crippen LogP contribution in [0.3, 0.4) is 0 Å². The van der Waals surface area contributed by atoms with Gasteiger partial charge in [0.25, 0.3) is 0 Å². The Labute approximate surface area is 143 Å². The van der Waals surface area contributed by atoms with Crippen LogP contribution in [0.4, 0.5) is 0 Å². The number of para-hydroxylation sites is 1. The van der Waals surface area contributed by atoms with Crippen LogP contribution < -0.4 is 0 Å². The zero-order valence-corrected chi connectivity index (χ0v) is 14.4. The van der Waals surface area contributed by atoms with Crippen molar-refractivity contribution in [2.75, 3.05) is 33.4 Å². The first-order chi connectivity index (χ1) is 11.8. The molecule has 2 aromatic rings. The van der Waals surface area contributed by atoms with Crippen molar-refractivity contribution < 1.29 is 9.47 Å². The number of hydrogen-bond donors (Lipinski definition) is 0. The number of fused-ring (bicyclic) bond motifs is 2. The van der Waals surface area contributed by atoms with Gasteiger partial charge in [-0.15, -0.1) is 0 Å². The molecule has 128 valence electrons. The second-order valence-electron chi connectivity index (χ2n) is 7.25. The zero-order chi connectivity index (χ0) is 16.4. The van der Waals surface area contributed by atoms with Crippen molar-refractivity contribution >= 4 is 10.9 Å². The lowest BCUT2D eigenvalue weighted by atomic mass is 9.73. The first-order valence-corrected chi connectivity index (χ1v) is 8.97. The van der Waals surface area contributed by atoms with Gasteiger partial charge in [-0.1, -0.05) is 24.3 Å². The van der Waals surface area contributed by atoms with Crippen molar-refractivity contribution in [2.45, 2.75) is 31.9 Å². The van der Waals surface area contributed by atoms with Gasteiger partial charge in [0, 0.05) is 44.2 Å². The summed E-state index contributed by atoms with van der Waals surface area (Å²) in [5.41, 5.74) is 2.39. The number of ether oxygens (including phenoxy) is 2. The lowest BCUT2D eigenvalue weighted by molar-refractivity contribution is -0.149. The zero-order valence-electron chi connectivity index (χ0n) is 14.4. The van der Waals surface area contributed by atoms with E-state index in [1.807, 2.05) is 7.11 Å². The Morgan fingerprint density at radius 1 is 1.29 bits per heavy atom. The van der Waals surface area contributed by atoms with Gasteiger partial charge in [0.15, 0.2) is 0 Å². The van der Waals surface area contributed by atoms with Crippen LogP contribution in [-0.2, 0) is 16.0 Å². The second kappa shape index (κ2) is 6.79. The van der Waals surface area contributed by atoms with Gasteiger partial charge >= 0.3 is 0 Å². The molecule has 24 heavy (non-hydrogen) atoms. The molecule has 4 nitrogen and oxygen atoms in total. The number of likely N-dealkylation sites (tertiary alicyclic amines) is 1. The molecule has 2 aliphatic heterocycles. The molecule has 0 N–H and O–H groups in total. The molecule has 2 fully saturated rings. The van der Waals surface area contributed by atoms with Gasteiger partial charge in [-0.3, -0.25) is 9.88 Å². The van der Waals surface area contributed by atoms with E-state index in [1.54, 1.807) is 0 Å². The largest absolute Gasteiger partial charge is 0.384 e. The molecule has 1 aromatic heterocycles. The van der Waals surface area contributed by atoms with Gasteiger partial charge in [-0.25, -0.2) is 0 Å². The van der Waals surface area contributed by atoms with Crippen LogP contribution in [0.15, 0.2) is 36.4 Å². The predicted molar refractivity (Wildman–Crippen MR) is 94.9 cm³/mol. The van der Waals surface area contributed by atoms with Gasteiger partial charge < -0.3 is 9.47 Å². The topological polar surface area (TPSA) is 34.6 Å². The SMILES string of the molecule is COC[C@]12CCCO[C@H]1CCN(Cc1ccc3ccccc3n1)C2. The molecule has 4 rings (SSSR count). The fourth-order valence-electron chi connectivity index (χ4n) is 4.44. The van der Waals surface area contributed by atoms with Gasteiger partial charge in [0.1, 0.15) is 0 Å².